The van der Waals surface area contributed by atoms with E-state index in [9.17, 15) is 4.79 Å². The zero-order chi connectivity index (χ0) is 20.5. The van der Waals surface area contributed by atoms with Gasteiger partial charge in [0.1, 0.15) is 5.69 Å². The summed E-state index contributed by atoms with van der Waals surface area (Å²) < 4.78 is 6.18. The van der Waals surface area contributed by atoms with Crippen LogP contribution in [-0.2, 0) is 0 Å². The molecule has 2 N–H and O–H groups in total. The smallest absolute Gasteiger partial charge is 0.259 e. The van der Waals surface area contributed by atoms with Crippen molar-refractivity contribution in [3.8, 4) is 5.75 Å². The van der Waals surface area contributed by atoms with E-state index in [0.29, 0.717) is 34.3 Å². The van der Waals surface area contributed by atoms with E-state index in [0.717, 1.165) is 16.6 Å². The van der Waals surface area contributed by atoms with Crippen LogP contribution in [0.4, 0.5) is 11.4 Å². The lowest BCUT2D eigenvalue weighted by Gasteiger charge is -2.28. The Kier molecular flexibility index (Phi) is 4.69. The number of nitrogens with one attached hydrogen (secondary N) is 2. The third-order valence-corrected chi connectivity index (χ3v) is 5.27. The third kappa shape index (κ3) is 3.42. The van der Waals surface area contributed by atoms with Crippen LogP contribution in [0.2, 0.25) is 5.02 Å². The molecule has 1 aliphatic heterocycles. The number of fused-ring (bicyclic) bond motifs is 2. The van der Waals surface area contributed by atoms with Gasteiger partial charge < -0.3 is 15.4 Å². The summed E-state index contributed by atoms with van der Waals surface area (Å²) in [6, 6.07) is 18.5. The van der Waals surface area contributed by atoms with Gasteiger partial charge in [-0.25, -0.2) is 0 Å². The minimum absolute atomic E-state index is 0.267. The maximum atomic E-state index is 13.1. The van der Waals surface area contributed by atoms with Crippen LogP contribution in [0, 0.1) is 0 Å². The van der Waals surface area contributed by atoms with E-state index >= 15 is 0 Å². The second-order valence-corrected chi connectivity index (χ2v) is 7.31. The van der Waals surface area contributed by atoms with Crippen LogP contribution >= 0.6 is 11.6 Å². The Balaban J connectivity index is 1.44. The molecule has 0 aliphatic carbocycles. The van der Waals surface area contributed by atoms with Crippen LogP contribution in [0.15, 0.2) is 73.1 Å². The average molecular weight is 417 g/mol. The standard InChI is InChI=1S/C23H17ClN4O2/c24-17-6-3-11-26-21(17)20-13-27-18-7-1-5-16(22(18)30-20)23(29)28-15-9-8-14-4-2-10-25-19(14)12-15/h1-12,20,27H,13H2,(H,28,29). The molecule has 30 heavy (non-hydrogen) atoms. The number of rotatable bonds is 3. The highest BCUT2D eigenvalue weighted by Gasteiger charge is 2.27. The topological polar surface area (TPSA) is 76.1 Å². The molecule has 0 fully saturated rings. The third-order valence-electron chi connectivity index (χ3n) is 4.95. The Bertz CT molecular complexity index is 1260. The molecule has 7 heteroatoms. The fraction of sp³-hybridized carbons (Fsp3) is 0.0870. The van der Waals surface area contributed by atoms with E-state index < -0.39 is 6.10 Å². The Morgan fingerprint density at radius 1 is 1.07 bits per heavy atom. The summed E-state index contributed by atoms with van der Waals surface area (Å²) in [4.78, 5) is 21.7. The van der Waals surface area contributed by atoms with Gasteiger partial charge in [0.15, 0.2) is 11.9 Å². The molecule has 0 saturated carbocycles. The monoisotopic (exact) mass is 416 g/mol. The number of halogens is 1. The van der Waals surface area contributed by atoms with Crippen molar-refractivity contribution in [2.45, 2.75) is 6.10 Å². The van der Waals surface area contributed by atoms with Gasteiger partial charge in [0.2, 0.25) is 0 Å². The Hall–Kier alpha value is -3.64. The first-order valence-corrected chi connectivity index (χ1v) is 9.87. The lowest BCUT2D eigenvalue weighted by atomic mass is 10.1. The van der Waals surface area contributed by atoms with Gasteiger partial charge >= 0.3 is 0 Å². The molecule has 3 heterocycles. The quantitative estimate of drug-likeness (QED) is 0.487. The molecular weight excluding hydrogens is 400 g/mol. The molecule has 1 amide bonds. The summed E-state index contributed by atoms with van der Waals surface area (Å²) in [6.45, 7) is 0.505. The number of hydrogen-bond acceptors (Lipinski definition) is 5. The molecule has 148 valence electrons. The van der Waals surface area contributed by atoms with Gasteiger partial charge in [-0.15, -0.1) is 0 Å². The molecule has 6 nitrogen and oxygen atoms in total. The molecule has 1 atom stereocenters. The van der Waals surface area contributed by atoms with Gasteiger partial charge in [-0.2, -0.15) is 0 Å². The van der Waals surface area contributed by atoms with Crippen molar-refractivity contribution < 1.29 is 9.53 Å². The first-order valence-electron chi connectivity index (χ1n) is 9.49. The Morgan fingerprint density at radius 2 is 1.93 bits per heavy atom. The molecule has 5 rings (SSSR count). The highest BCUT2D eigenvalue weighted by molar-refractivity contribution is 6.31. The van der Waals surface area contributed by atoms with Gasteiger partial charge in [-0.3, -0.25) is 14.8 Å². The zero-order valence-electron chi connectivity index (χ0n) is 15.8. The van der Waals surface area contributed by atoms with Gasteiger partial charge in [0.05, 0.1) is 28.3 Å². The molecule has 0 saturated heterocycles. The maximum absolute atomic E-state index is 13.1. The SMILES string of the molecule is O=C(Nc1ccc2cccnc2c1)c1cccc2c1OC(c1ncccc1Cl)CN2. The number of carbonyl (C=O) groups excluding carboxylic acids is 1. The van der Waals surface area contributed by atoms with Crippen molar-refractivity contribution in [3.63, 3.8) is 0 Å². The summed E-state index contributed by atoms with van der Waals surface area (Å²) in [5.41, 5.74) is 3.29. The van der Waals surface area contributed by atoms with Gasteiger partial charge in [0.25, 0.3) is 5.91 Å². The number of benzene rings is 2. The van der Waals surface area contributed by atoms with E-state index in [4.69, 9.17) is 16.3 Å². The molecule has 1 aliphatic rings. The van der Waals surface area contributed by atoms with Crippen molar-refractivity contribution in [1.82, 2.24) is 9.97 Å². The number of amides is 1. The lowest BCUT2D eigenvalue weighted by Crippen LogP contribution is -2.26. The second-order valence-electron chi connectivity index (χ2n) is 6.91. The van der Waals surface area contributed by atoms with Crippen molar-refractivity contribution in [3.05, 3.63) is 89.3 Å². The number of anilines is 2. The average Bonchev–Trinajstić information content (AvgIpc) is 2.78. The maximum Gasteiger partial charge on any atom is 0.259 e. The highest BCUT2D eigenvalue weighted by atomic mass is 35.5. The number of ether oxygens (including phenoxy) is 1. The van der Waals surface area contributed by atoms with E-state index in [1.54, 1.807) is 30.6 Å². The fourth-order valence-corrected chi connectivity index (χ4v) is 3.74. The summed E-state index contributed by atoms with van der Waals surface area (Å²) in [7, 11) is 0. The van der Waals surface area contributed by atoms with Crippen molar-refractivity contribution in [2.75, 3.05) is 17.2 Å². The number of aromatic nitrogens is 2. The number of carbonyl (C=O) groups is 1. The largest absolute Gasteiger partial charge is 0.479 e. The van der Waals surface area contributed by atoms with Crippen LogP contribution in [0.1, 0.15) is 22.2 Å². The molecule has 0 radical (unpaired) electrons. The van der Waals surface area contributed by atoms with Crippen LogP contribution in [-0.4, -0.2) is 22.4 Å². The van der Waals surface area contributed by atoms with Gasteiger partial charge in [0, 0.05) is 23.5 Å². The summed E-state index contributed by atoms with van der Waals surface area (Å²) in [6.07, 6.45) is 3.00. The van der Waals surface area contributed by atoms with Crippen molar-refractivity contribution in [1.29, 1.82) is 0 Å². The van der Waals surface area contributed by atoms with E-state index in [-0.39, 0.29) is 5.91 Å². The van der Waals surface area contributed by atoms with E-state index in [2.05, 4.69) is 20.6 Å². The summed E-state index contributed by atoms with van der Waals surface area (Å²) in [5, 5.41) is 7.78. The molecule has 1 unspecified atom stereocenters. The highest BCUT2D eigenvalue weighted by Crippen LogP contribution is 2.38. The fourth-order valence-electron chi connectivity index (χ4n) is 3.50. The van der Waals surface area contributed by atoms with Gasteiger partial charge in [-0.05, 0) is 42.5 Å². The second kappa shape index (κ2) is 7.65. The Morgan fingerprint density at radius 3 is 2.83 bits per heavy atom. The lowest BCUT2D eigenvalue weighted by molar-refractivity contribution is 0.101. The molecular formula is C23H17ClN4O2. The van der Waals surface area contributed by atoms with Crippen LogP contribution in [0.5, 0.6) is 5.75 Å². The summed E-state index contributed by atoms with van der Waals surface area (Å²) >= 11 is 6.29. The first-order chi connectivity index (χ1) is 14.7. The number of nitrogens with zero attached hydrogens (tertiary/aromatic N) is 2. The van der Waals surface area contributed by atoms with Crippen LogP contribution in [0.25, 0.3) is 10.9 Å². The number of hydrogen-bond donors (Lipinski definition) is 2. The Labute approximate surface area is 177 Å². The first kappa shape index (κ1) is 18.4. The number of para-hydroxylation sites is 1. The van der Waals surface area contributed by atoms with Crippen LogP contribution < -0.4 is 15.4 Å². The van der Waals surface area contributed by atoms with Crippen LogP contribution in [0.3, 0.4) is 0 Å². The van der Waals surface area contributed by atoms with E-state index in [1.165, 1.54) is 0 Å². The number of pyridine rings is 2. The zero-order valence-corrected chi connectivity index (χ0v) is 16.6. The van der Waals surface area contributed by atoms with Crippen molar-refractivity contribution in [2.24, 2.45) is 0 Å². The molecule has 0 spiro atoms. The minimum atomic E-state index is -0.398. The predicted molar refractivity (Wildman–Crippen MR) is 117 cm³/mol. The summed E-state index contributed by atoms with van der Waals surface area (Å²) in [5.74, 6) is 0.212. The minimum Gasteiger partial charge on any atom is -0.479 e. The molecule has 4 aromatic rings. The van der Waals surface area contributed by atoms with Crippen molar-refractivity contribution >= 4 is 39.8 Å². The normalized spacial score (nSPS) is 15.0. The van der Waals surface area contributed by atoms with E-state index in [1.807, 2.05) is 42.5 Å². The van der Waals surface area contributed by atoms with Gasteiger partial charge in [-0.1, -0.05) is 29.8 Å². The predicted octanol–water partition coefficient (Wildman–Crippen LogP) is 5.08. The molecule has 0 bridgehead atoms. The molecule has 2 aromatic heterocycles. The molecule has 2 aromatic carbocycles.